The molecule has 1 aromatic carbocycles. The lowest BCUT2D eigenvalue weighted by Crippen LogP contribution is -2.37. The summed E-state index contributed by atoms with van der Waals surface area (Å²) < 4.78 is 1.62. The molecule has 6 heteroatoms. The normalized spacial score (nSPS) is 13.7. The third kappa shape index (κ3) is 3.47. The highest BCUT2D eigenvalue weighted by Gasteiger charge is 2.23. The van der Waals surface area contributed by atoms with Gasteiger partial charge in [0.15, 0.2) is 0 Å². The molecule has 2 amide bonds. The molecule has 0 spiro atoms. The number of carbonyl (C=O) groups excluding carboxylic acids is 2. The van der Waals surface area contributed by atoms with Crippen LogP contribution in [0.25, 0.3) is 5.69 Å². The number of hydrogen-bond acceptors (Lipinski definition) is 3. The van der Waals surface area contributed by atoms with Gasteiger partial charge in [0, 0.05) is 12.2 Å². The van der Waals surface area contributed by atoms with Crippen molar-refractivity contribution in [2.45, 2.75) is 18.9 Å². The van der Waals surface area contributed by atoms with E-state index in [9.17, 15) is 9.59 Å². The zero-order valence-electron chi connectivity index (χ0n) is 11.5. The summed E-state index contributed by atoms with van der Waals surface area (Å²) >= 11 is 0. The van der Waals surface area contributed by atoms with Crippen molar-refractivity contribution in [1.82, 2.24) is 20.4 Å². The topological polar surface area (TPSA) is 76.0 Å². The minimum Gasteiger partial charge on any atom is -0.352 e. The molecule has 1 saturated carbocycles. The molecule has 1 aliphatic carbocycles. The van der Waals surface area contributed by atoms with Crippen molar-refractivity contribution in [2.75, 3.05) is 6.54 Å². The Morgan fingerprint density at radius 2 is 2.00 bits per heavy atom. The average Bonchev–Trinajstić information content (AvgIpc) is 3.18. The molecule has 1 heterocycles. The first kappa shape index (κ1) is 13.4. The summed E-state index contributed by atoms with van der Waals surface area (Å²) in [6.07, 6.45) is 5.19. The van der Waals surface area contributed by atoms with E-state index in [-0.39, 0.29) is 18.4 Å². The highest BCUT2D eigenvalue weighted by atomic mass is 16.2. The van der Waals surface area contributed by atoms with Crippen LogP contribution in [0.5, 0.6) is 0 Å². The van der Waals surface area contributed by atoms with Crippen molar-refractivity contribution in [3.63, 3.8) is 0 Å². The van der Waals surface area contributed by atoms with Gasteiger partial charge >= 0.3 is 0 Å². The van der Waals surface area contributed by atoms with E-state index in [0.717, 1.165) is 18.5 Å². The van der Waals surface area contributed by atoms with Gasteiger partial charge in [0.1, 0.15) is 0 Å². The standard InChI is InChI=1S/C15H16N4O2/c20-14(18-12-6-7-12)9-16-15(21)11-8-17-19(10-11)13-4-2-1-3-5-13/h1-5,8,10,12H,6-7,9H2,(H,16,21)(H,18,20). The van der Waals surface area contributed by atoms with Gasteiger partial charge in [-0.3, -0.25) is 9.59 Å². The van der Waals surface area contributed by atoms with Crippen molar-refractivity contribution in [2.24, 2.45) is 0 Å². The van der Waals surface area contributed by atoms with Crippen LogP contribution in [0.2, 0.25) is 0 Å². The summed E-state index contributed by atoms with van der Waals surface area (Å²) in [5.41, 5.74) is 1.31. The molecule has 6 nitrogen and oxygen atoms in total. The molecule has 108 valence electrons. The fourth-order valence-electron chi connectivity index (χ4n) is 1.93. The van der Waals surface area contributed by atoms with Crippen molar-refractivity contribution in [3.8, 4) is 5.69 Å². The Morgan fingerprint density at radius 3 is 2.71 bits per heavy atom. The lowest BCUT2D eigenvalue weighted by Gasteiger charge is -2.04. The first-order chi connectivity index (χ1) is 10.2. The molecular weight excluding hydrogens is 268 g/mol. The fourth-order valence-corrected chi connectivity index (χ4v) is 1.93. The number of nitrogens with zero attached hydrogens (tertiary/aromatic N) is 2. The Hall–Kier alpha value is -2.63. The van der Waals surface area contributed by atoms with E-state index in [1.54, 1.807) is 10.9 Å². The van der Waals surface area contributed by atoms with Crippen molar-refractivity contribution >= 4 is 11.8 Å². The van der Waals surface area contributed by atoms with Crippen molar-refractivity contribution in [1.29, 1.82) is 0 Å². The third-order valence-corrected chi connectivity index (χ3v) is 3.22. The first-order valence-electron chi connectivity index (χ1n) is 6.90. The molecule has 1 aromatic heterocycles. The summed E-state index contributed by atoms with van der Waals surface area (Å²) in [6, 6.07) is 9.82. The maximum absolute atomic E-state index is 12.0. The van der Waals surface area contributed by atoms with Crippen LogP contribution >= 0.6 is 0 Å². The van der Waals surface area contributed by atoms with E-state index in [2.05, 4.69) is 15.7 Å². The largest absolute Gasteiger partial charge is 0.352 e. The number of nitrogens with one attached hydrogen (secondary N) is 2. The molecule has 21 heavy (non-hydrogen) atoms. The highest BCUT2D eigenvalue weighted by molar-refractivity contribution is 5.96. The number of amides is 2. The number of para-hydroxylation sites is 1. The van der Waals surface area contributed by atoms with Gasteiger partial charge in [0.25, 0.3) is 5.91 Å². The van der Waals surface area contributed by atoms with Crippen LogP contribution in [0.3, 0.4) is 0 Å². The molecular formula is C15H16N4O2. The maximum atomic E-state index is 12.0. The van der Waals surface area contributed by atoms with E-state index in [0.29, 0.717) is 11.6 Å². The minimum absolute atomic E-state index is 0.00809. The Morgan fingerprint density at radius 1 is 1.24 bits per heavy atom. The van der Waals surface area contributed by atoms with Gasteiger partial charge in [-0.1, -0.05) is 18.2 Å². The van der Waals surface area contributed by atoms with E-state index < -0.39 is 0 Å². The van der Waals surface area contributed by atoms with Crippen LogP contribution in [0.15, 0.2) is 42.7 Å². The number of carbonyl (C=O) groups is 2. The van der Waals surface area contributed by atoms with E-state index in [1.165, 1.54) is 6.20 Å². The molecule has 0 atom stereocenters. The lowest BCUT2D eigenvalue weighted by molar-refractivity contribution is -0.120. The fraction of sp³-hybridized carbons (Fsp3) is 0.267. The molecule has 2 N–H and O–H groups in total. The number of hydrogen-bond donors (Lipinski definition) is 2. The van der Waals surface area contributed by atoms with Crippen LogP contribution in [0.1, 0.15) is 23.2 Å². The quantitative estimate of drug-likeness (QED) is 0.856. The Balaban J connectivity index is 1.57. The molecule has 0 unspecified atom stereocenters. The van der Waals surface area contributed by atoms with Crippen molar-refractivity contribution < 1.29 is 9.59 Å². The van der Waals surface area contributed by atoms with Crippen LogP contribution in [-0.2, 0) is 4.79 Å². The van der Waals surface area contributed by atoms with E-state index in [4.69, 9.17) is 0 Å². The van der Waals surface area contributed by atoms with Crippen LogP contribution in [-0.4, -0.2) is 34.2 Å². The summed E-state index contributed by atoms with van der Waals surface area (Å²) in [4.78, 5) is 23.5. The predicted molar refractivity (Wildman–Crippen MR) is 77.1 cm³/mol. The average molecular weight is 284 g/mol. The molecule has 0 bridgehead atoms. The third-order valence-electron chi connectivity index (χ3n) is 3.22. The van der Waals surface area contributed by atoms with E-state index in [1.807, 2.05) is 30.3 Å². The number of benzene rings is 1. The van der Waals surface area contributed by atoms with Gasteiger partial charge in [-0.15, -0.1) is 0 Å². The van der Waals surface area contributed by atoms with Gasteiger partial charge < -0.3 is 10.6 Å². The highest BCUT2D eigenvalue weighted by Crippen LogP contribution is 2.18. The number of aromatic nitrogens is 2. The molecule has 0 aliphatic heterocycles. The first-order valence-corrected chi connectivity index (χ1v) is 6.90. The summed E-state index contributed by atoms with van der Waals surface area (Å²) in [5, 5.41) is 9.56. The van der Waals surface area contributed by atoms with Gasteiger partial charge in [-0.05, 0) is 25.0 Å². The Labute approximate surface area is 122 Å². The van der Waals surface area contributed by atoms with Crippen LogP contribution < -0.4 is 10.6 Å². The minimum atomic E-state index is -0.303. The van der Waals surface area contributed by atoms with Crippen LogP contribution in [0.4, 0.5) is 0 Å². The molecule has 0 saturated heterocycles. The molecule has 1 aliphatic rings. The van der Waals surface area contributed by atoms with Crippen LogP contribution in [0, 0.1) is 0 Å². The summed E-state index contributed by atoms with van der Waals surface area (Å²) in [7, 11) is 0. The second kappa shape index (κ2) is 5.78. The lowest BCUT2D eigenvalue weighted by atomic mass is 10.3. The van der Waals surface area contributed by atoms with Crippen molar-refractivity contribution in [3.05, 3.63) is 48.3 Å². The predicted octanol–water partition coefficient (Wildman–Crippen LogP) is 0.881. The SMILES string of the molecule is O=C(CNC(=O)c1cnn(-c2ccccc2)c1)NC1CC1. The summed E-state index contributed by atoms with van der Waals surface area (Å²) in [5.74, 6) is -0.454. The zero-order chi connectivity index (χ0) is 14.7. The smallest absolute Gasteiger partial charge is 0.254 e. The van der Waals surface area contributed by atoms with Gasteiger partial charge in [0.05, 0.1) is 24.0 Å². The molecule has 0 radical (unpaired) electrons. The monoisotopic (exact) mass is 284 g/mol. The Bertz CT molecular complexity index is 647. The maximum Gasteiger partial charge on any atom is 0.254 e. The summed E-state index contributed by atoms with van der Waals surface area (Å²) in [6.45, 7) is -0.00809. The molecule has 2 aromatic rings. The number of rotatable bonds is 5. The second-order valence-electron chi connectivity index (χ2n) is 5.03. The molecule has 3 rings (SSSR count). The second-order valence-corrected chi connectivity index (χ2v) is 5.03. The zero-order valence-corrected chi connectivity index (χ0v) is 11.5. The van der Waals surface area contributed by atoms with E-state index >= 15 is 0 Å². The molecule has 1 fully saturated rings. The Kier molecular flexibility index (Phi) is 3.68. The van der Waals surface area contributed by atoms with Gasteiger partial charge in [0.2, 0.25) is 5.91 Å². The van der Waals surface area contributed by atoms with Gasteiger partial charge in [-0.25, -0.2) is 4.68 Å². The van der Waals surface area contributed by atoms with Gasteiger partial charge in [-0.2, -0.15) is 5.10 Å².